The van der Waals surface area contributed by atoms with Crippen molar-refractivity contribution in [3.63, 3.8) is 0 Å². The molecule has 3 rings (SSSR count). The van der Waals surface area contributed by atoms with Crippen LogP contribution in [-0.4, -0.2) is 27.5 Å². The minimum Gasteiger partial charge on any atom is -0.297 e. The van der Waals surface area contributed by atoms with Crippen LogP contribution in [0.25, 0.3) is 5.52 Å². The van der Waals surface area contributed by atoms with E-state index in [1.807, 2.05) is 6.07 Å². The van der Waals surface area contributed by atoms with E-state index in [9.17, 15) is 14.4 Å². The van der Waals surface area contributed by atoms with Gasteiger partial charge >= 0.3 is 0 Å². The van der Waals surface area contributed by atoms with E-state index in [4.69, 9.17) is 0 Å². The van der Waals surface area contributed by atoms with Gasteiger partial charge in [0.1, 0.15) is 0 Å². The van der Waals surface area contributed by atoms with E-state index < -0.39 is 5.92 Å². The lowest BCUT2D eigenvalue weighted by Gasteiger charge is -2.19. The van der Waals surface area contributed by atoms with Gasteiger partial charge in [-0.25, -0.2) is 4.98 Å². The summed E-state index contributed by atoms with van der Waals surface area (Å²) in [5.74, 6) is -0.836. The van der Waals surface area contributed by atoms with Crippen LogP contribution in [0.1, 0.15) is 35.1 Å². The molecule has 19 heavy (non-hydrogen) atoms. The van der Waals surface area contributed by atoms with E-state index in [1.54, 1.807) is 22.7 Å². The first-order valence-electron chi connectivity index (χ1n) is 5.96. The van der Waals surface area contributed by atoms with Crippen molar-refractivity contribution in [2.75, 3.05) is 0 Å². The topological polar surface area (TPSA) is 80.5 Å². The number of nitrogens with zero attached hydrogens (tertiary/aromatic N) is 2. The number of imidazole rings is 1. The third-order valence-corrected chi connectivity index (χ3v) is 3.28. The Morgan fingerprint density at radius 3 is 2.95 bits per heavy atom. The van der Waals surface area contributed by atoms with E-state index in [2.05, 4.69) is 10.3 Å². The van der Waals surface area contributed by atoms with E-state index in [1.165, 1.54) is 0 Å². The molecule has 0 radical (unpaired) electrons. The number of piperidine rings is 1. The highest BCUT2D eigenvalue weighted by molar-refractivity contribution is 6.01. The Morgan fingerprint density at radius 2 is 2.21 bits per heavy atom. The molecule has 1 aliphatic rings. The molecule has 6 nitrogen and oxygen atoms in total. The molecular weight excluding hydrogens is 246 g/mol. The zero-order chi connectivity index (χ0) is 13.4. The first-order chi connectivity index (χ1) is 9.20. The van der Waals surface area contributed by atoms with Crippen molar-refractivity contribution in [1.29, 1.82) is 0 Å². The van der Waals surface area contributed by atoms with Crippen molar-refractivity contribution in [3.05, 3.63) is 35.9 Å². The molecule has 0 aromatic carbocycles. The predicted molar refractivity (Wildman–Crippen MR) is 65.7 cm³/mol. The summed E-state index contributed by atoms with van der Waals surface area (Å²) < 4.78 is 1.64. The monoisotopic (exact) mass is 257 g/mol. The maximum atomic E-state index is 11.9. The summed E-state index contributed by atoms with van der Waals surface area (Å²) in [6.07, 6.45) is 3.09. The zero-order valence-corrected chi connectivity index (χ0v) is 10.00. The second-order valence-corrected chi connectivity index (χ2v) is 4.43. The second-order valence-electron chi connectivity index (χ2n) is 4.43. The standard InChI is InChI=1S/C13H11N3O3/c17-7-10-14-12(9-3-1-2-6-16(9)10)8-4-5-11(18)15-13(8)19/h1-3,6-8H,4-5H2,(H,15,18,19). The number of aromatic nitrogens is 2. The third kappa shape index (κ3) is 1.81. The number of nitrogens with one attached hydrogen (secondary N) is 1. The van der Waals surface area contributed by atoms with Gasteiger partial charge in [-0.15, -0.1) is 0 Å². The molecule has 1 saturated heterocycles. The molecule has 1 fully saturated rings. The molecule has 0 aliphatic carbocycles. The Bertz CT molecular complexity index is 689. The lowest BCUT2D eigenvalue weighted by molar-refractivity contribution is -0.134. The number of aldehydes is 1. The van der Waals surface area contributed by atoms with E-state index in [0.29, 0.717) is 24.8 Å². The van der Waals surface area contributed by atoms with Gasteiger partial charge in [-0.2, -0.15) is 0 Å². The molecular formula is C13H11N3O3. The van der Waals surface area contributed by atoms with Crippen molar-refractivity contribution >= 4 is 23.6 Å². The van der Waals surface area contributed by atoms with Crippen LogP contribution in [-0.2, 0) is 9.59 Å². The first-order valence-corrected chi connectivity index (χ1v) is 5.96. The molecule has 0 bridgehead atoms. The summed E-state index contributed by atoms with van der Waals surface area (Å²) in [5.41, 5.74) is 1.27. The number of fused-ring (bicyclic) bond motifs is 1. The fourth-order valence-corrected chi connectivity index (χ4v) is 2.38. The van der Waals surface area contributed by atoms with Crippen LogP contribution in [0.15, 0.2) is 24.4 Å². The molecule has 0 saturated carbocycles. The van der Waals surface area contributed by atoms with Crippen molar-refractivity contribution in [3.8, 4) is 0 Å². The van der Waals surface area contributed by atoms with Crippen LogP contribution in [0.3, 0.4) is 0 Å². The van der Waals surface area contributed by atoms with Crippen LogP contribution in [0.2, 0.25) is 0 Å². The van der Waals surface area contributed by atoms with Crippen LogP contribution in [0, 0.1) is 0 Å². The number of carbonyl (C=O) groups excluding carboxylic acids is 3. The number of pyridine rings is 1. The first kappa shape index (κ1) is 11.6. The summed E-state index contributed by atoms with van der Waals surface area (Å²) in [4.78, 5) is 38.3. The zero-order valence-electron chi connectivity index (χ0n) is 10.00. The summed E-state index contributed by atoms with van der Waals surface area (Å²) in [6, 6.07) is 5.41. The Hall–Kier alpha value is -2.50. The molecule has 2 aromatic rings. The molecule has 96 valence electrons. The molecule has 1 aliphatic heterocycles. The lowest BCUT2D eigenvalue weighted by Crippen LogP contribution is -2.39. The van der Waals surface area contributed by atoms with Crippen molar-refractivity contribution in [1.82, 2.24) is 14.7 Å². The van der Waals surface area contributed by atoms with E-state index in [0.717, 1.165) is 5.52 Å². The fourth-order valence-electron chi connectivity index (χ4n) is 2.38. The van der Waals surface area contributed by atoms with Crippen molar-refractivity contribution < 1.29 is 14.4 Å². The minimum absolute atomic E-state index is 0.260. The number of rotatable bonds is 2. The maximum absolute atomic E-state index is 11.9. The van der Waals surface area contributed by atoms with Crippen molar-refractivity contribution in [2.45, 2.75) is 18.8 Å². The molecule has 2 amide bonds. The number of carbonyl (C=O) groups is 3. The second kappa shape index (κ2) is 4.31. The van der Waals surface area contributed by atoms with Crippen LogP contribution >= 0.6 is 0 Å². The number of hydrogen-bond acceptors (Lipinski definition) is 4. The van der Waals surface area contributed by atoms with Gasteiger partial charge in [0, 0.05) is 12.6 Å². The van der Waals surface area contributed by atoms with Crippen LogP contribution < -0.4 is 5.32 Å². The minimum atomic E-state index is -0.483. The maximum Gasteiger partial charge on any atom is 0.235 e. The highest BCUT2D eigenvalue weighted by Crippen LogP contribution is 2.27. The average molecular weight is 257 g/mol. The van der Waals surface area contributed by atoms with Gasteiger partial charge in [0.25, 0.3) is 0 Å². The quantitative estimate of drug-likeness (QED) is 0.633. The van der Waals surface area contributed by atoms with Gasteiger partial charge in [0.05, 0.1) is 17.1 Å². The fraction of sp³-hybridized carbons (Fsp3) is 0.231. The Kier molecular flexibility index (Phi) is 2.63. The average Bonchev–Trinajstić information content (AvgIpc) is 2.78. The summed E-state index contributed by atoms with van der Waals surface area (Å²) in [6.45, 7) is 0. The molecule has 6 heteroatoms. The molecule has 1 N–H and O–H groups in total. The van der Waals surface area contributed by atoms with Crippen molar-refractivity contribution in [2.24, 2.45) is 0 Å². The summed E-state index contributed by atoms with van der Waals surface area (Å²) in [7, 11) is 0. The Morgan fingerprint density at radius 1 is 1.37 bits per heavy atom. The highest BCUT2D eigenvalue weighted by atomic mass is 16.2. The van der Waals surface area contributed by atoms with Crippen LogP contribution in [0.5, 0.6) is 0 Å². The predicted octanol–water partition coefficient (Wildman–Crippen LogP) is 0.667. The van der Waals surface area contributed by atoms with Gasteiger partial charge in [0.15, 0.2) is 12.1 Å². The van der Waals surface area contributed by atoms with E-state index >= 15 is 0 Å². The van der Waals surface area contributed by atoms with Gasteiger partial charge in [0.2, 0.25) is 11.8 Å². The molecule has 2 aromatic heterocycles. The molecule has 1 atom stereocenters. The molecule has 3 heterocycles. The molecule has 1 unspecified atom stereocenters. The smallest absolute Gasteiger partial charge is 0.235 e. The number of amides is 2. The van der Waals surface area contributed by atoms with Gasteiger partial charge in [-0.1, -0.05) is 6.07 Å². The molecule has 0 spiro atoms. The van der Waals surface area contributed by atoms with E-state index in [-0.39, 0.29) is 17.6 Å². The lowest BCUT2D eigenvalue weighted by atomic mass is 9.94. The van der Waals surface area contributed by atoms with Gasteiger partial charge in [-0.3, -0.25) is 24.1 Å². The van der Waals surface area contributed by atoms with Gasteiger partial charge in [-0.05, 0) is 18.6 Å². The SMILES string of the molecule is O=Cc1nc(C2CCC(=O)NC2=O)c2ccccn12. The Labute approximate surface area is 108 Å². The summed E-state index contributed by atoms with van der Waals surface area (Å²) >= 11 is 0. The summed E-state index contributed by atoms with van der Waals surface area (Å²) in [5, 5.41) is 2.30. The van der Waals surface area contributed by atoms with Crippen LogP contribution in [0.4, 0.5) is 0 Å². The highest BCUT2D eigenvalue weighted by Gasteiger charge is 2.31. The Balaban J connectivity index is 2.12. The largest absolute Gasteiger partial charge is 0.297 e. The normalized spacial score (nSPS) is 19.5. The van der Waals surface area contributed by atoms with Gasteiger partial charge < -0.3 is 0 Å². The number of imide groups is 1. The third-order valence-electron chi connectivity index (χ3n) is 3.28. The number of hydrogen-bond donors (Lipinski definition) is 1.